The first-order valence-electron chi connectivity index (χ1n) is 7.20. The molecule has 6 heteroatoms. The predicted molar refractivity (Wildman–Crippen MR) is 82.4 cm³/mol. The van der Waals surface area contributed by atoms with Gasteiger partial charge in [-0.3, -0.25) is 0 Å². The van der Waals surface area contributed by atoms with Gasteiger partial charge in [0, 0.05) is 11.8 Å². The zero-order valence-corrected chi connectivity index (χ0v) is 12.8. The lowest BCUT2D eigenvalue weighted by atomic mass is 9.77. The number of carboxylic acid groups (broad SMARTS) is 1. The van der Waals surface area contributed by atoms with Crippen LogP contribution in [-0.2, 0) is 9.53 Å². The molecule has 0 aromatic heterocycles. The third-order valence-corrected chi connectivity index (χ3v) is 4.55. The van der Waals surface area contributed by atoms with Gasteiger partial charge in [-0.05, 0) is 31.0 Å². The first kappa shape index (κ1) is 14.9. The second-order valence-corrected chi connectivity index (χ2v) is 5.82. The lowest BCUT2D eigenvalue weighted by molar-refractivity contribution is -0.145. The van der Waals surface area contributed by atoms with E-state index >= 15 is 0 Å². The van der Waals surface area contributed by atoms with Crippen molar-refractivity contribution in [3.8, 4) is 0 Å². The Hall–Kier alpha value is -2.01. The van der Waals surface area contributed by atoms with Crippen LogP contribution in [-0.4, -0.2) is 29.7 Å². The summed E-state index contributed by atoms with van der Waals surface area (Å²) in [6, 6.07) is 2.53. The maximum atomic E-state index is 12.2. The molecule has 3 atom stereocenters. The molecule has 0 radical (unpaired) electrons. The van der Waals surface area contributed by atoms with Crippen LogP contribution in [0.1, 0.15) is 35.2 Å². The van der Waals surface area contributed by atoms with E-state index in [1.165, 1.54) is 12.1 Å². The van der Waals surface area contributed by atoms with Gasteiger partial charge in [-0.1, -0.05) is 23.8 Å². The van der Waals surface area contributed by atoms with E-state index in [-0.39, 0.29) is 23.4 Å². The molecule has 1 heterocycles. The standard InChI is InChI=1S/C16H16ClNO4/c1-2-22-16(21)13-9-5-3-4-8(9)12-10(15(19)20)6-7-11(17)14(12)18-13/h3-4,6-9,13,18H,2,5H2,1H3,(H,19,20)/t8-,9+,13+/m0/s1. The number of nitrogens with one attached hydrogen (secondary N) is 1. The van der Waals surface area contributed by atoms with Gasteiger partial charge in [0.25, 0.3) is 0 Å². The van der Waals surface area contributed by atoms with Crippen LogP contribution >= 0.6 is 11.6 Å². The van der Waals surface area contributed by atoms with Crippen LogP contribution in [0.3, 0.4) is 0 Å². The van der Waals surface area contributed by atoms with Crippen LogP contribution < -0.4 is 5.32 Å². The monoisotopic (exact) mass is 321 g/mol. The minimum atomic E-state index is -0.997. The zero-order chi connectivity index (χ0) is 15.9. The van der Waals surface area contributed by atoms with Gasteiger partial charge in [0.05, 0.1) is 22.9 Å². The average molecular weight is 322 g/mol. The highest BCUT2D eigenvalue weighted by atomic mass is 35.5. The topological polar surface area (TPSA) is 75.6 Å². The van der Waals surface area contributed by atoms with Gasteiger partial charge in [-0.2, -0.15) is 0 Å². The Morgan fingerprint density at radius 1 is 1.45 bits per heavy atom. The van der Waals surface area contributed by atoms with E-state index in [0.717, 1.165) is 0 Å². The van der Waals surface area contributed by atoms with Crippen LogP contribution in [0.4, 0.5) is 5.69 Å². The summed E-state index contributed by atoms with van der Waals surface area (Å²) in [6.45, 7) is 2.06. The Kier molecular flexibility index (Phi) is 3.83. The van der Waals surface area contributed by atoms with Gasteiger partial charge in [0.2, 0.25) is 0 Å². The third kappa shape index (κ3) is 2.25. The molecule has 1 aliphatic carbocycles. The first-order chi connectivity index (χ1) is 10.5. The van der Waals surface area contributed by atoms with Crippen molar-refractivity contribution in [3.05, 3.63) is 40.4 Å². The lowest BCUT2D eigenvalue weighted by Crippen LogP contribution is -2.43. The average Bonchev–Trinajstić information content (AvgIpc) is 2.96. The number of benzene rings is 1. The van der Waals surface area contributed by atoms with Gasteiger partial charge < -0.3 is 15.2 Å². The second kappa shape index (κ2) is 5.65. The Bertz CT molecular complexity index is 670. The van der Waals surface area contributed by atoms with Gasteiger partial charge >= 0.3 is 11.9 Å². The van der Waals surface area contributed by atoms with Crippen LogP contribution in [0.25, 0.3) is 0 Å². The van der Waals surface area contributed by atoms with Crippen molar-refractivity contribution in [2.75, 3.05) is 11.9 Å². The second-order valence-electron chi connectivity index (χ2n) is 5.42. The Balaban J connectivity index is 2.11. The van der Waals surface area contributed by atoms with E-state index in [9.17, 15) is 14.7 Å². The molecule has 116 valence electrons. The van der Waals surface area contributed by atoms with Crippen molar-refractivity contribution >= 4 is 29.2 Å². The maximum Gasteiger partial charge on any atom is 0.336 e. The normalized spacial score (nSPS) is 25.1. The molecule has 0 saturated heterocycles. The van der Waals surface area contributed by atoms with E-state index in [1.54, 1.807) is 6.92 Å². The van der Waals surface area contributed by atoms with Crippen molar-refractivity contribution in [1.82, 2.24) is 0 Å². The maximum absolute atomic E-state index is 12.2. The molecule has 1 aromatic rings. The summed E-state index contributed by atoms with van der Waals surface area (Å²) >= 11 is 6.22. The number of fused-ring (bicyclic) bond motifs is 3. The number of carbonyl (C=O) groups excluding carboxylic acids is 1. The first-order valence-corrected chi connectivity index (χ1v) is 7.58. The molecular weight excluding hydrogens is 306 g/mol. The van der Waals surface area contributed by atoms with Crippen molar-refractivity contribution in [2.45, 2.75) is 25.3 Å². The molecule has 0 unspecified atom stereocenters. The number of esters is 1. The van der Waals surface area contributed by atoms with Crippen molar-refractivity contribution in [2.24, 2.45) is 5.92 Å². The van der Waals surface area contributed by atoms with Gasteiger partial charge in [-0.25, -0.2) is 9.59 Å². The molecule has 1 aliphatic heterocycles. The number of aromatic carboxylic acids is 1. The molecule has 0 spiro atoms. The van der Waals surface area contributed by atoms with Gasteiger partial charge in [-0.15, -0.1) is 0 Å². The van der Waals surface area contributed by atoms with Gasteiger partial charge in [0.15, 0.2) is 0 Å². The number of anilines is 1. The molecule has 0 fully saturated rings. The van der Waals surface area contributed by atoms with E-state index in [1.807, 2.05) is 12.2 Å². The summed E-state index contributed by atoms with van der Waals surface area (Å²) in [6.07, 6.45) is 4.64. The third-order valence-electron chi connectivity index (χ3n) is 4.24. The fourth-order valence-corrected chi connectivity index (χ4v) is 3.55. The molecular formula is C16H16ClNO4. The van der Waals surface area contributed by atoms with Gasteiger partial charge in [0.1, 0.15) is 6.04 Å². The fourth-order valence-electron chi connectivity index (χ4n) is 3.33. The highest BCUT2D eigenvalue weighted by Gasteiger charge is 2.43. The molecule has 22 heavy (non-hydrogen) atoms. The Labute approximate surface area is 132 Å². The fraction of sp³-hybridized carbons (Fsp3) is 0.375. The van der Waals surface area contributed by atoms with Crippen LogP contribution in [0, 0.1) is 5.92 Å². The molecule has 1 aromatic carbocycles. The number of halogens is 1. The van der Waals surface area contributed by atoms with E-state index in [0.29, 0.717) is 29.3 Å². The number of hydrogen-bond donors (Lipinski definition) is 2. The van der Waals surface area contributed by atoms with E-state index in [4.69, 9.17) is 16.3 Å². The molecule has 0 bridgehead atoms. The molecule has 2 aliphatic rings. The number of allylic oxidation sites excluding steroid dienone is 2. The minimum Gasteiger partial charge on any atom is -0.478 e. The molecule has 3 rings (SSSR count). The van der Waals surface area contributed by atoms with Crippen LogP contribution in [0.5, 0.6) is 0 Å². The lowest BCUT2D eigenvalue weighted by Gasteiger charge is -2.36. The Morgan fingerprint density at radius 2 is 2.23 bits per heavy atom. The van der Waals surface area contributed by atoms with Crippen molar-refractivity contribution < 1.29 is 19.4 Å². The predicted octanol–water partition coefficient (Wildman–Crippen LogP) is 3.06. The summed E-state index contributed by atoms with van der Waals surface area (Å²) in [7, 11) is 0. The molecule has 0 saturated carbocycles. The number of rotatable bonds is 3. The molecule has 0 amide bonds. The van der Waals surface area contributed by atoms with Crippen molar-refractivity contribution in [3.63, 3.8) is 0 Å². The number of carboxylic acids is 1. The van der Waals surface area contributed by atoms with Crippen LogP contribution in [0.15, 0.2) is 24.3 Å². The summed E-state index contributed by atoms with van der Waals surface area (Å²) in [5.41, 5.74) is 1.39. The number of carbonyl (C=O) groups is 2. The Morgan fingerprint density at radius 3 is 2.91 bits per heavy atom. The largest absolute Gasteiger partial charge is 0.478 e. The summed E-state index contributed by atoms with van der Waals surface area (Å²) in [4.78, 5) is 23.7. The SMILES string of the molecule is CCOC(=O)[C@@H]1Nc2c(Cl)ccc(C(=O)O)c2[C@H]2C=CC[C@H]21. The zero-order valence-electron chi connectivity index (χ0n) is 12.0. The van der Waals surface area contributed by atoms with E-state index < -0.39 is 12.0 Å². The summed E-state index contributed by atoms with van der Waals surface area (Å²) in [5, 5.41) is 12.9. The highest BCUT2D eigenvalue weighted by molar-refractivity contribution is 6.33. The quantitative estimate of drug-likeness (QED) is 0.661. The highest BCUT2D eigenvalue weighted by Crippen LogP contribution is 2.48. The number of ether oxygens (including phenoxy) is 1. The minimum absolute atomic E-state index is 0.0527. The van der Waals surface area contributed by atoms with E-state index in [2.05, 4.69) is 5.32 Å². The summed E-state index contributed by atoms with van der Waals surface area (Å²) in [5.74, 6) is -1.52. The smallest absolute Gasteiger partial charge is 0.336 e. The molecule has 2 N–H and O–H groups in total. The van der Waals surface area contributed by atoms with Crippen molar-refractivity contribution in [1.29, 1.82) is 0 Å². The summed E-state index contributed by atoms with van der Waals surface area (Å²) < 4.78 is 5.13. The molecule has 5 nitrogen and oxygen atoms in total. The van der Waals surface area contributed by atoms with Crippen LogP contribution in [0.2, 0.25) is 5.02 Å². The number of hydrogen-bond acceptors (Lipinski definition) is 4.